The average molecular weight is 324 g/mol. The van der Waals surface area contributed by atoms with Gasteiger partial charge in [0, 0.05) is 10.9 Å². The predicted molar refractivity (Wildman–Crippen MR) is 84.5 cm³/mol. The standard InChI is InChI=1S/C15H18ClN3OS/c16-11-6-2-4-8-13(11)21-9-14-18-15(20-19-14)10-5-1-3-7-12(10)17/h2,4,6,8,10,12H,1,3,5,7,9,17H2. The molecule has 1 aromatic carbocycles. The van der Waals surface area contributed by atoms with E-state index in [2.05, 4.69) is 10.1 Å². The van der Waals surface area contributed by atoms with Gasteiger partial charge < -0.3 is 10.3 Å². The van der Waals surface area contributed by atoms with E-state index in [1.165, 1.54) is 12.8 Å². The maximum atomic E-state index is 6.15. The Morgan fingerprint density at radius 3 is 2.90 bits per heavy atom. The van der Waals surface area contributed by atoms with Crippen molar-refractivity contribution in [2.24, 2.45) is 5.73 Å². The van der Waals surface area contributed by atoms with Crippen LogP contribution in [-0.4, -0.2) is 16.2 Å². The summed E-state index contributed by atoms with van der Waals surface area (Å²) in [7, 11) is 0. The van der Waals surface area contributed by atoms with Crippen LogP contribution in [0.25, 0.3) is 0 Å². The fraction of sp³-hybridized carbons (Fsp3) is 0.467. The van der Waals surface area contributed by atoms with Crippen LogP contribution in [0.4, 0.5) is 0 Å². The molecule has 0 aliphatic heterocycles. The number of benzene rings is 1. The lowest BCUT2D eigenvalue weighted by Crippen LogP contribution is -2.31. The zero-order valence-corrected chi connectivity index (χ0v) is 13.2. The van der Waals surface area contributed by atoms with E-state index in [4.69, 9.17) is 21.9 Å². The Labute approximate surface area is 133 Å². The quantitative estimate of drug-likeness (QED) is 0.861. The normalized spacial score (nSPS) is 22.4. The van der Waals surface area contributed by atoms with Gasteiger partial charge in [-0.25, -0.2) is 0 Å². The second kappa shape index (κ2) is 6.81. The number of nitrogens with two attached hydrogens (primary N) is 1. The van der Waals surface area contributed by atoms with Crippen molar-refractivity contribution in [1.29, 1.82) is 0 Å². The molecule has 6 heteroatoms. The Hall–Kier alpha value is -1.04. The molecule has 1 aliphatic carbocycles. The van der Waals surface area contributed by atoms with Crippen molar-refractivity contribution in [2.75, 3.05) is 0 Å². The van der Waals surface area contributed by atoms with Crippen LogP contribution in [0.15, 0.2) is 33.7 Å². The first-order chi connectivity index (χ1) is 10.2. The first-order valence-electron chi connectivity index (χ1n) is 7.19. The van der Waals surface area contributed by atoms with Crippen LogP contribution in [0.2, 0.25) is 5.02 Å². The minimum atomic E-state index is 0.142. The average Bonchev–Trinajstić information content (AvgIpc) is 2.96. The highest BCUT2D eigenvalue weighted by atomic mass is 35.5. The first-order valence-corrected chi connectivity index (χ1v) is 8.56. The number of thioether (sulfide) groups is 1. The van der Waals surface area contributed by atoms with Crippen molar-refractivity contribution in [3.05, 3.63) is 41.0 Å². The molecular weight excluding hydrogens is 306 g/mol. The highest BCUT2D eigenvalue weighted by Crippen LogP contribution is 2.32. The summed E-state index contributed by atoms with van der Waals surface area (Å²) in [5.41, 5.74) is 6.15. The number of hydrogen-bond donors (Lipinski definition) is 1. The molecule has 2 N–H and O–H groups in total. The van der Waals surface area contributed by atoms with Gasteiger partial charge in [-0.1, -0.05) is 41.7 Å². The van der Waals surface area contributed by atoms with Gasteiger partial charge >= 0.3 is 0 Å². The Balaban J connectivity index is 1.64. The van der Waals surface area contributed by atoms with Crippen LogP contribution < -0.4 is 5.73 Å². The number of rotatable bonds is 4. The molecule has 0 radical (unpaired) electrons. The van der Waals surface area contributed by atoms with Crippen LogP contribution in [0.1, 0.15) is 43.3 Å². The Kier molecular flexibility index (Phi) is 4.83. The van der Waals surface area contributed by atoms with E-state index in [1.807, 2.05) is 24.3 Å². The number of nitrogens with zero attached hydrogens (tertiary/aromatic N) is 2. The molecule has 1 fully saturated rings. The van der Waals surface area contributed by atoms with Crippen LogP contribution >= 0.6 is 23.4 Å². The molecule has 1 heterocycles. The van der Waals surface area contributed by atoms with Gasteiger partial charge in [0.05, 0.1) is 16.7 Å². The lowest BCUT2D eigenvalue weighted by Gasteiger charge is -2.25. The molecule has 4 nitrogen and oxygen atoms in total. The van der Waals surface area contributed by atoms with Crippen molar-refractivity contribution in [2.45, 2.75) is 48.3 Å². The molecule has 112 valence electrons. The van der Waals surface area contributed by atoms with Gasteiger partial charge in [0.15, 0.2) is 5.82 Å². The minimum absolute atomic E-state index is 0.142. The molecule has 2 aromatic rings. The summed E-state index contributed by atoms with van der Waals surface area (Å²) in [5, 5.41) is 4.82. The van der Waals surface area contributed by atoms with Crippen molar-refractivity contribution in [3.8, 4) is 0 Å². The van der Waals surface area contributed by atoms with Gasteiger partial charge in [-0.2, -0.15) is 4.98 Å². The van der Waals surface area contributed by atoms with Crippen molar-refractivity contribution in [3.63, 3.8) is 0 Å². The van der Waals surface area contributed by atoms with E-state index in [9.17, 15) is 0 Å². The largest absolute Gasteiger partial charge is 0.339 e. The van der Waals surface area contributed by atoms with Crippen molar-refractivity contribution in [1.82, 2.24) is 10.1 Å². The molecule has 21 heavy (non-hydrogen) atoms. The maximum Gasteiger partial charge on any atom is 0.231 e. The number of aromatic nitrogens is 2. The zero-order valence-electron chi connectivity index (χ0n) is 11.7. The van der Waals surface area contributed by atoms with E-state index in [0.717, 1.165) is 22.8 Å². The van der Waals surface area contributed by atoms with Crippen LogP contribution in [-0.2, 0) is 5.75 Å². The molecule has 2 atom stereocenters. The predicted octanol–water partition coefficient (Wildman–Crippen LogP) is 4.00. The first kappa shape index (κ1) is 14.9. The van der Waals surface area contributed by atoms with Gasteiger partial charge in [-0.05, 0) is 25.0 Å². The summed E-state index contributed by atoms with van der Waals surface area (Å²) in [4.78, 5) is 5.54. The lowest BCUT2D eigenvalue weighted by molar-refractivity contribution is 0.289. The number of hydrogen-bond acceptors (Lipinski definition) is 5. The molecule has 0 amide bonds. The van der Waals surface area contributed by atoms with Crippen LogP contribution in [0.3, 0.4) is 0 Å². The monoisotopic (exact) mass is 323 g/mol. The lowest BCUT2D eigenvalue weighted by atomic mass is 9.85. The van der Waals surface area contributed by atoms with Crippen LogP contribution in [0.5, 0.6) is 0 Å². The number of halogens is 1. The molecule has 0 spiro atoms. The van der Waals surface area contributed by atoms with Gasteiger partial charge in [0.25, 0.3) is 0 Å². The Morgan fingerprint density at radius 1 is 1.29 bits per heavy atom. The highest BCUT2D eigenvalue weighted by Gasteiger charge is 2.28. The molecule has 0 saturated heterocycles. The topological polar surface area (TPSA) is 64.9 Å². The highest BCUT2D eigenvalue weighted by molar-refractivity contribution is 7.98. The Morgan fingerprint density at radius 2 is 2.10 bits per heavy atom. The zero-order chi connectivity index (χ0) is 14.7. The Bertz CT molecular complexity index is 604. The second-order valence-corrected chi connectivity index (χ2v) is 6.75. The van der Waals surface area contributed by atoms with Crippen LogP contribution in [0, 0.1) is 0 Å². The summed E-state index contributed by atoms with van der Waals surface area (Å²) in [6, 6.07) is 7.90. The van der Waals surface area contributed by atoms with E-state index >= 15 is 0 Å². The van der Waals surface area contributed by atoms with Crippen molar-refractivity contribution < 1.29 is 4.52 Å². The molecule has 1 aliphatic rings. The fourth-order valence-electron chi connectivity index (χ4n) is 2.65. The van der Waals surface area contributed by atoms with E-state index < -0.39 is 0 Å². The maximum absolute atomic E-state index is 6.15. The molecule has 1 aromatic heterocycles. The third-order valence-corrected chi connectivity index (χ3v) is 5.33. The molecule has 0 bridgehead atoms. The molecule has 1 saturated carbocycles. The summed E-state index contributed by atoms with van der Waals surface area (Å²) < 4.78 is 5.41. The summed E-state index contributed by atoms with van der Waals surface area (Å²) in [6.07, 6.45) is 4.46. The van der Waals surface area contributed by atoms with E-state index in [1.54, 1.807) is 11.8 Å². The SMILES string of the molecule is NC1CCCCC1c1nc(CSc2ccccc2Cl)no1. The minimum Gasteiger partial charge on any atom is -0.339 e. The third-order valence-electron chi connectivity index (χ3n) is 3.81. The van der Waals surface area contributed by atoms with Gasteiger partial charge in [-0.3, -0.25) is 0 Å². The molecular formula is C15H18ClN3OS. The summed E-state index contributed by atoms with van der Waals surface area (Å²) in [5.74, 6) is 2.25. The van der Waals surface area contributed by atoms with Crippen molar-refractivity contribution >= 4 is 23.4 Å². The fourth-order valence-corrected chi connectivity index (χ4v) is 3.73. The summed E-state index contributed by atoms with van der Waals surface area (Å²) >= 11 is 7.75. The third kappa shape index (κ3) is 3.59. The van der Waals surface area contributed by atoms with Gasteiger partial charge in [0.1, 0.15) is 0 Å². The van der Waals surface area contributed by atoms with E-state index in [-0.39, 0.29) is 12.0 Å². The molecule has 3 rings (SSSR count). The smallest absolute Gasteiger partial charge is 0.231 e. The van der Waals surface area contributed by atoms with Gasteiger partial charge in [-0.15, -0.1) is 11.8 Å². The van der Waals surface area contributed by atoms with E-state index in [0.29, 0.717) is 17.5 Å². The summed E-state index contributed by atoms with van der Waals surface area (Å²) in [6.45, 7) is 0. The molecule has 2 unspecified atom stereocenters. The van der Waals surface area contributed by atoms with Gasteiger partial charge in [0.2, 0.25) is 5.89 Å². The second-order valence-electron chi connectivity index (χ2n) is 5.32.